The Morgan fingerprint density at radius 2 is 2.14 bits per heavy atom. The molecule has 84 valence electrons. The molecule has 1 rings (SSSR count). The fourth-order valence-corrected chi connectivity index (χ4v) is 2.71. The van der Waals surface area contributed by atoms with Gasteiger partial charge in [-0.15, -0.1) is 0 Å². The monoisotopic (exact) mass is 220 g/mol. The Hall–Kier alpha value is 0.0700. The van der Waals surface area contributed by atoms with Crippen molar-refractivity contribution in [1.82, 2.24) is 0 Å². The van der Waals surface area contributed by atoms with Gasteiger partial charge in [0.15, 0.2) is 11.1 Å². The van der Waals surface area contributed by atoms with Crippen molar-refractivity contribution in [2.75, 3.05) is 13.2 Å². The van der Waals surface area contributed by atoms with E-state index in [0.29, 0.717) is 6.61 Å². The van der Waals surface area contributed by atoms with Crippen molar-refractivity contribution in [2.24, 2.45) is 0 Å². The van der Waals surface area contributed by atoms with Crippen LogP contribution in [0, 0.1) is 0 Å². The van der Waals surface area contributed by atoms with Crippen molar-refractivity contribution >= 4 is 11.1 Å². The predicted octanol–water partition coefficient (Wildman–Crippen LogP) is 1.77. The van der Waals surface area contributed by atoms with Crippen molar-refractivity contribution in [3.63, 3.8) is 0 Å². The topological polar surface area (TPSA) is 46.5 Å². The zero-order chi connectivity index (χ0) is 10.4. The Morgan fingerprint density at radius 3 is 2.64 bits per heavy atom. The van der Waals surface area contributed by atoms with Crippen LogP contribution in [0.25, 0.3) is 0 Å². The molecule has 4 heteroatoms. The summed E-state index contributed by atoms with van der Waals surface area (Å²) in [5.74, 6) is 0. The van der Waals surface area contributed by atoms with E-state index in [-0.39, 0.29) is 11.4 Å². The summed E-state index contributed by atoms with van der Waals surface area (Å²) in [5, 5.41) is 8.71. The van der Waals surface area contributed by atoms with E-state index in [9.17, 15) is 4.21 Å². The SMILES string of the molecule is CCCCOS(=O)C1(CCCO)CC1. The summed E-state index contributed by atoms with van der Waals surface area (Å²) in [6.45, 7) is 2.88. The van der Waals surface area contributed by atoms with E-state index >= 15 is 0 Å². The zero-order valence-corrected chi connectivity index (χ0v) is 9.65. The molecule has 0 bridgehead atoms. The molecule has 0 aromatic carbocycles. The minimum absolute atomic E-state index is 0.101. The van der Waals surface area contributed by atoms with E-state index in [0.717, 1.165) is 38.5 Å². The van der Waals surface area contributed by atoms with Crippen molar-refractivity contribution in [2.45, 2.75) is 50.2 Å². The lowest BCUT2D eigenvalue weighted by molar-refractivity contribution is 0.280. The summed E-state index contributed by atoms with van der Waals surface area (Å²) >= 11 is -1.13. The van der Waals surface area contributed by atoms with Gasteiger partial charge in [0.05, 0.1) is 11.4 Å². The van der Waals surface area contributed by atoms with Gasteiger partial charge in [-0.2, -0.15) is 0 Å². The molecule has 0 aliphatic heterocycles. The second-order valence-electron chi connectivity index (χ2n) is 3.92. The molecule has 0 amide bonds. The lowest BCUT2D eigenvalue weighted by atomic mass is 10.2. The number of hydrogen-bond acceptors (Lipinski definition) is 3. The van der Waals surface area contributed by atoms with Crippen LogP contribution in [-0.2, 0) is 15.3 Å². The molecule has 0 heterocycles. The lowest BCUT2D eigenvalue weighted by Gasteiger charge is -2.13. The number of hydrogen-bond donors (Lipinski definition) is 1. The van der Waals surface area contributed by atoms with Gasteiger partial charge in [0.25, 0.3) is 0 Å². The highest BCUT2D eigenvalue weighted by molar-refractivity contribution is 7.82. The molecule has 1 N–H and O–H groups in total. The predicted molar refractivity (Wildman–Crippen MR) is 57.3 cm³/mol. The molecule has 0 saturated heterocycles. The summed E-state index contributed by atoms with van der Waals surface area (Å²) in [6.07, 6.45) is 5.60. The van der Waals surface area contributed by atoms with Crippen molar-refractivity contribution in [3.8, 4) is 0 Å². The molecule has 1 aliphatic rings. The molecular weight excluding hydrogens is 200 g/mol. The maximum Gasteiger partial charge on any atom is 0.161 e. The van der Waals surface area contributed by atoms with Gasteiger partial charge in [-0.25, -0.2) is 4.21 Å². The normalized spacial score (nSPS) is 20.7. The Bertz CT molecular complexity index is 190. The van der Waals surface area contributed by atoms with Crippen LogP contribution >= 0.6 is 0 Å². The number of aliphatic hydroxyl groups excluding tert-OH is 1. The minimum Gasteiger partial charge on any atom is -0.396 e. The minimum atomic E-state index is -1.13. The smallest absolute Gasteiger partial charge is 0.161 e. The van der Waals surface area contributed by atoms with Crippen LogP contribution in [0.3, 0.4) is 0 Å². The third-order valence-corrected chi connectivity index (χ3v) is 4.34. The van der Waals surface area contributed by atoms with E-state index in [1.807, 2.05) is 0 Å². The Balaban J connectivity index is 2.21. The second-order valence-corrected chi connectivity index (χ2v) is 5.49. The quantitative estimate of drug-likeness (QED) is 0.634. The van der Waals surface area contributed by atoms with Crippen LogP contribution in [0.1, 0.15) is 45.4 Å². The van der Waals surface area contributed by atoms with E-state index in [1.165, 1.54) is 0 Å². The third kappa shape index (κ3) is 3.33. The van der Waals surface area contributed by atoms with Crippen molar-refractivity contribution < 1.29 is 13.5 Å². The lowest BCUT2D eigenvalue weighted by Crippen LogP contribution is -2.19. The summed E-state index contributed by atoms with van der Waals surface area (Å²) < 4.78 is 16.9. The molecule has 3 nitrogen and oxygen atoms in total. The van der Waals surface area contributed by atoms with E-state index in [1.54, 1.807) is 0 Å². The molecule has 0 spiro atoms. The average molecular weight is 220 g/mol. The van der Waals surface area contributed by atoms with Crippen LogP contribution in [0.2, 0.25) is 0 Å². The van der Waals surface area contributed by atoms with Crippen LogP contribution < -0.4 is 0 Å². The van der Waals surface area contributed by atoms with E-state index in [4.69, 9.17) is 9.29 Å². The van der Waals surface area contributed by atoms with Gasteiger partial charge in [-0.05, 0) is 32.1 Å². The van der Waals surface area contributed by atoms with Gasteiger partial charge in [0, 0.05) is 6.61 Å². The van der Waals surface area contributed by atoms with Crippen LogP contribution in [-0.4, -0.2) is 27.3 Å². The second kappa shape index (κ2) is 5.83. The maximum atomic E-state index is 11.7. The molecule has 1 aliphatic carbocycles. The number of rotatable bonds is 8. The van der Waals surface area contributed by atoms with Gasteiger partial charge in [0.1, 0.15) is 0 Å². The molecule has 1 atom stereocenters. The summed E-state index contributed by atoms with van der Waals surface area (Å²) in [5.41, 5.74) is 0. The molecular formula is C10H20O3S. The van der Waals surface area contributed by atoms with Gasteiger partial charge in [0.2, 0.25) is 0 Å². The molecule has 0 aromatic rings. The summed E-state index contributed by atoms with van der Waals surface area (Å²) in [6, 6.07) is 0. The first-order valence-electron chi connectivity index (χ1n) is 5.41. The third-order valence-electron chi connectivity index (χ3n) is 2.64. The van der Waals surface area contributed by atoms with Gasteiger partial charge < -0.3 is 5.11 Å². The Labute approximate surface area is 88.5 Å². The number of unbranched alkanes of at least 4 members (excludes halogenated alkanes) is 1. The summed E-state index contributed by atoms with van der Waals surface area (Å²) in [4.78, 5) is 0. The Kier molecular flexibility index (Phi) is 5.06. The molecule has 0 aromatic heterocycles. The highest BCUT2D eigenvalue weighted by Gasteiger charge is 2.48. The molecule has 14 heavy (non-hydrogen) atoms. The van der Waals surface area contributed by atoms with Crippen LogP contribution in [0.5, 0.6) is 0 Å². The van der Waals surface area contributed by atoms with Crippen molar-refractivity contribution in [1.29, 1.82) is 0 Å². The molecule has 0 radical (unpaired) electrons. The molecule has 1 fully saturated rings. The fourth-order valence-electron chi connectivity index (χ4n) is 1.44. The number of aliphatic hydroxyl groups is 1. The van der Waals surface area contributed by atoms with Crippen LogP contribution in [0.4, 0.5) is 0 Å². The molecule has 1 saturated carbocycles. The highest BCUT2D eigenvalue weighted by atomic mass is 32.2. The summed E-state index contributed by atoms with van der Waals surface area (Å²) in [7, 11) is 0. The maximum absolute atomic E-state index is 11.7. The standard InChI is InChI=1S/C10H20O3S/c1-2-3-9-13-14(12)10(6-7-10)5-4-8-11/h11H,2-9H2,1H3. The fraction of sp³-hybridized carbons (Fsp3) is 1.00. The molecule has 1 unspecified atom stereocenters. The van der Waals surface area contributed by atoms with Gasteiger partial charge in [-0.3, -0.25) is 4.18 Å². The van der Waals surface area contributed by atoms with E-state index < -0.39 is 11.1 Å². The first kappa shape index (κ1) is 12.1. The first-order chi connectivity index (χ1) is 6.75. The average Bonchev–Trinajstić information content (AvgIpc) is 2.96. The van der Waals surface area contributed by atoms with Gasteiger partial charge >= 0.3 is 0 Å². The first-order valence-corrected chi connectivity index (χ1v) is 6.49. The van der Waals surface area contributed by atoms with E-state index in [2.05, 4.69) is 6.92 Å². The van der Waals surface area contributed by atoms with Gasteiger partial charge in [-0.1, -0.05) is 13.3 Å². The Morgan fingerprint density at radius 1 is 1.43 bits per heavy atom. The highest BCUT2D eigenvalue weighted by Crippen LogP contribution is 2.45. The zero-order valence-electron chi connectivity index (χ0n) is 8.83. The van der Waals surface area contributed by atoms with Crippen molar-refractivity contribution in [3.05, 3.63) is 0 Å². The van der Waals surface area contributed by atoms with Crippen LogP contribution in [0.15, 0.2) is 0 Å². The largest absolute Gasteiger partial charge is 0.396 e.